The molecule has 0 bridgehead atoms. The first kappa shape index (κ1) is 16.3. The molecule has 0 fully saturated rings. The van der Waals surface area contributed by atoms with E-state index in [1.807, 2.05) is 60.0 Å². The third-order valence-electron chi connectivity index (χ3n) is 3.79. The van der Waals surface area contributed by atoms with E-state index in [-0.39, 0.29) is 5.91 Å². The zero-order chi connectivity index (χ0) is 17.2. The molecule has 0 aliphatic heterocycles. The van der Waals surface area contributed by atoms with E-state index in [1.54, 1.807) is 22.4 Å². The first-order valence-corrected chi connectivity index (χ1v) is 9.74. The highest BCUT2D eigenvalue weighted by atomic mass is 35.5. The number of aromatic nitrogens is 1. The average Bonchev–Trinajstić information content (AvgIpc) is 3.28. The summed E-state index contributed by atoms with van der Waals surface area (Å²) in [5.41, 5.74) is 0. The van der Waals surface area contributed by atoms with Crippen molar-refractivity contribution in [3.63, 3.8) is 0 Å². The van der Waals surface area contributed by atoms with Crippen molar-refractivity contribution < 1.29 is 4.79 Å². The number of rotatable bonds is 4. The van der Waals surface area contributed by atoms with Gasteiger partial charge in [0.1, 0.15) is 10.7 Å². The van der Waals surface area contributed by atoms with Crippen molar-refractivity contribution in [2.45, 2.75) is 6.54 Å². The smallest absolute Gasteiger partial charge is 0.271 e. The minimum Gasteiger partial charge on any atom is -0.287 e. The second-order valence-corrected chi connectivity index (χ2v) is 7.86. The number of halogens is 1. The second kappa shape index (κ2) is 6.96. The third-order valence-corrected chi connectivity index (χ3v) is 6.32. The highest BCUT2D eigenvalue weighted by Crippen LogP contribution is 2.36. The van der Waals surface area contributed by atoms with E-state index in [4.69, 9.17) is 11.6 Å². The van der Waals surface area contributed by atoms with Crippen molar-refractivity contribution in [2.24, 2.45) is 0 Å². The zero-order valence-electron chi connectivity index (χ0n) is 13.1. The maximum Gasteiger partial charge on any atom is 0.271 e. The molecule has 6 heteroatoms. The molecule has 1 amide bonds. The Hall–Kier alpha value is -2.21. The minimum absolute atomic E-state index is 0.127. The van der Waals surface area contributed by atoms with Crippen molar-refractivity contribution in [3.8, 4) is 0 Å². The van der Waals surface area contributed by atoms with E-state index in [0.29, 0.717) is 22.3 Å². The highest BCUT2D eigenvalue weighted by Gasteiger charge is 2.24. The monoisotopic (exact) mass is 384 g/mol. The van der Waals surface area contributed by atoms with Crippen molar-refractivity contribution in [1.29, 1.82) is 0 Å². The molecular formula is C19H13ClN2OS2. The lowest BCUT2D eigenvalue weighted by Crippen LogP contribution is -2.30. The Morgan fingerprint density at radius 1 is 1.08 bits per heavy atom. The number of fused-ring (bicyclic) bond motifs is 1. The molecule has 0 saturated carbocycles. The normalized spacial score (nSPS) is 10.9. The Balaban J connectivity index is 1.77. The molecule has 0 atom stereocenters. The molecule has 3 heterocycles. The molecule has 25 heavy (non-hydrogen) atoms. The van der Waals surface area contributed by atoms with Crippen LogP contribution in [0.2, 0.25) is 5.02 Å². The van der Waals surface area contributed by atoms with Gasteiger partial charge < -0.3 is 0 Å². The van der Waals surface area contributed by atoms with Gasteiger partial charge in [-0.1, -0.05) is 41.9 Å². The minimum atomic E-state index is -0.127. The summed E-state index contributed by atoms with van der Waals surface area (Å²) >= 11 is 9.55. The van der Waals surface area contributed by atoms with Gasteiger partial charge in [0.15, 0.2) is 0 Å². The summed E-state index contributed by atoms with van der Waals surface area (Å²) in [6.45, 7) is 0.470. The van der Waals surface area contributed by atoms with Crippen LogP contribution < -0.4 is 4.90 Å². The maximum absolute atomic E-state index is 13.3. The molecule has 0 aliphatic rings. The zero-order valence-corrected chi connectivity index (χ0v) is 15.4. The summed E-state index contributed by atoms with van der Waals surface area (Å²) in [6, 6.07) is 17.3. The number of carbonyl (C=O) groups excluding carboxylic acids is 1. The van der Waals surface area contributed by atoms with Gasteiger partial charge in [0.25, 0.3) is 5.91 Å². The number of pyridine rings is 1. The van der Waals surface area contributed by atoms with E-state index < -0.39 is 0 Å². The molecular weight excluding hydrogens is 372 g/mol. The number of nitrogens with zero attached hydrogens (tertiary/aromatic N) is 2. The molecule has 0 aliphatic carbocycles. The topological polar surface area (TPSA) is 33.2 Å². The van der Waals surface area contributed by atoms with Gasteiger partial charge >= 0.3 is 0 Å². The van der Waals surface area contributed by atoms with Gasteiger partial charge in [0.05, 0.1) is 11.6 Å². The van der Waals surface area contributed by atoms with Crippen LogP contribution in [0.4, 0.5) is 5.82 Å². The van der Waals surface area contributed by atoms with Crippen LogP contribution in [0.1, 0.15) is 14.5 Å². The fourth-order valence-electron chi connectivity index (χ4n) is 2.60. The molecule has 0 radical (unpaired) electrons. The van der Waals surface area contributed by atoms with Gasteiger partial charge in [-0.15, -0.1) is 22.7 Å². The molecule has 0 saturated heterocycles. The SMILES string of the molecule is O=C(c1sc2ccccc2c1Cl)N(Cc1cccs1)c1ccccn1. The number of carbonyl (C=O) groups is 1. The van der Waals surface area contributed by atoms with Crippen LogP contribution in [0.3, 0.4) is 0 Å². The van der Waals surface area contributed by atoms with Gasteiger partial charge in [0.2, 0.25) is 0 Å². The average molecular weight is 385 g/mol. The van der Waals surface area contributed by atoms with E-state index in [1.165, 1.54) is 11.3 Å². The van der Waals surface area contributed by atoms with Crippen molar-refractivity contribution >= 4 is 56.1 Å². The van der Waals surface area contributed by atoms with Crippen LogP contribution in [0, 0.1) is 0 Å². The lowest BCUT2D eigenvalue weighted by molar-refractivity contribution is 0.0988. The molecule has 3 aromatic heterocycles. The molecule has 0 spiro atoms. The summed E-state index contributed by atoms with van der Waals surface area (Å²) in [7, 11) is 0. The van der Waals surface area contributed by atoms with E-state index in [2.05, 4.69) is 4.98 Å². The van der Waals surface area contributed by atoms with E-state index in [9.17, 15) is 4.79 Å². The maximum atomic E-state index is 13.3. The predicted octanol–water partition coefficient (Wildman–Crippen LogP) is 5.86. The van der Waals surface area contributed by atoms with Gasteiger partial charge in [-0.25, -0.2) is 4.98 Å². The van der Waals surface area contributed by atoms with E-state index in [0.717, 1.165) is 15.0 Å². The quantitative estimate of drug-likeness (QED) is 0.441. The summed E-state index contributed by atoms with van der Waals surface area (Å²) in [6.07, 6.45) is 1.69. The molecule has 124 valence electrons. The third kappa shape index (κ3) is 3.18. The first-order chi connectivity index (χ1) is 12.2. The van der Waals surface area contributed by atoms with Crippen LogP contribution in [-0.4, -0.2) is 10.9 Å². The lowest BCUT2D eigenvalue weighted by Gasteiger charge is -2.20. The van der Waals surface area contributed by atoms with Crippen molar-refractivity contribution in [3.05, 3.63) is 81.0 Å². The second-order valence-electron chi connectivity index (χ2n) is 5.40. The Labute approximate surface area is 158 Å². The van der Waals surface area contributed by atoms with Gasteiger partial charge in [-0.05, 0) is 29.6 Å². The van der Waals surface area contributed by atoms with Crippen LogP contribution in [0.5, 0.6) is 0 Å². The Morgan fingerprint density at radius 3 is 2.64 bits per heavy atom. The van der Waals surface area contributed by atoms with Crippen LogP contribution >= 0.6 is 34.3 Å². The summed E-state index contributed by atoms with van der Waals surface area (Å²) in [5.74, 6) is 0.493. The van der Waals surface area contributed by atoms with E-state index >= 15 is 0 Å². The molecule has 0 N–H and O–H groups in total. The molecule has 4 rings (SSSR count). The fourth-order valence-corrected chi connectivity index (χ4v) is 4.76. The fraction of sp³-hybridized carbons (Fsp3) is 0.0526. The molecule has 1 aromatic carbocycles. The molecule has 0 unspecified atom stereocenters. The summed E-state index contributed by atoms with van der Waals surface area (Å²) in [4.78, 5) is 21.0. The van der Waals surface area contributed by atoms with Gasteiger partial charge in [0, 0.05) is 21.2 Å². The Kier molecular flexibility index (Phi) is 4.53. The number of anilines is 1. The standard InChI is InChI=1S/C19H13ClN2OS2/c20-17-14-7-1-2-8-15(14)25-18(17)19(23)22(12-13-6-5-11-24-13)16-9-3-4-10-21-16/h1-11H,12H2. The lowest BCUT2D eigenvalue weighted by atomic mass is 10.2. The van der Waals surface area contributed by atoms with Crippen LogP contribution in [0.25, 0.3) is 10.1 Å². The predicted molar refractivity (Wildman–Crippen MR) is 106 cm³/mol. The summed E-state index contributed by atoms with van der Waals surface area (Å²) in [5, 5.41) is 3.43. The number of thiophene rings is 2. The Bertz CT molecular complexity index is 1010. The number of hydrogen-bond donors (Lipinski definition) is 0. The Morgan fingerprint density at radius 2 is 1.92 bits per heavy atom. The number of hydrogen-bond acceptors (Lipinski definition) is 4. The molecule has 3 nitrogen and oxygen atoms in total. The number of benzene rings is 1. The first-order valence-electron chi connectivity index (χ1n) is 7.66. The van der Waals surface area contributed by atoms with Crippen LogP contribution in [-0.2, 0) is 6.54 Å². The number of amides is 1. The van der Waals surface area contributed by atoms with Crippen LogP contribution in [0.15, 0.2) is 66.2 Å². The van der Waals surface area contributed by atoms with Gasteiger partial charge in [-0.2, -0.15) is 0 Å². The van der Waals surface area contributed by atoms with Gasteiger partial charge in [-0.3, -0.25) is 9.69 Å². The summed E-state index contributed by atoms with van der Waals surface area (Å²) < 4.78 is 1.01. The molecule has 4 aromatic rings. The largest absolute Gasteiger partial charge is 0.287 e. The van der Waals surface area contributed by atoms with Crippen molar-refractivity contribution in [1.82, 2.24) is 4.98 Å². The van der Waals surface area contributed by atoms with Crippen molar-refractivity contribution in [2.75, 3.05) is 4.90 Å². The highest BCUT2D eigenvalue weighted by molar-refractivity contribution is 7.21.